The van der Waals surface area contributed by atoms with E-state index in [1.54, 1.807) is 11.3 Å². The van der Waals surface area contributed by atoms with E-state index in [0.717, 1.165) is 16.7 Å². The third-order valence-electron chi connectivity index (χ3n) is 4.29. The highest BCUT2D eigenvalue weighted by molar-refractivity contribution is 7.10. The molecule has 0 aliphatic heterocycles. The highest BCUT2D eigenvalue weighted by atomic mass is 32.1. The lowest BCUT2D eigenvalue weighted by molar-refractivity contribution is -0.137. The molecule has 1 aromatic heterocycles. The summed E-state index contributed by atoms with van der Waals surface area (Å²) in [6, 6.07) is 4.47. The van der Waals surface area contributed by atoms with E-state index in [4.69, 9.17) is 5.11 Å². The second kappa shape index (κ2) is 7.95. The molecule has 1 aliphatic rings. The summed E-state index contributed by atoms with van der Waals surface area (Å²) in [6.07, 6.45) is 6.43. The molecule has 2 N–H and O–H groups in total. The lowest BCUT2D eigenvalue weighted by Gasteiger charge is -2.33. The molecular weight excluding hydrogens is 282 g/mol. The third kappa shape index (κ3) is 5.44. The molecule has 3 atom stereocenters. The zero-order chi connectivity index (χ0) is 15.2. The summed E-state index contributed by atoms with van der Waals surface area (Å²) in [5.74, 6) is 0.821. The standard InChI is InChI=1S/C17H27NO2S/c1-12(2)9-13-5-3-6-14(10-13)18-15(11-17(19)20)16-7-4-8-21-16/h4,7-8,12-15,18H,3,5-6,9-11H2,1-2H3,(H,19,20). The first-order valence-corrected chi connectivity index (χ1v) is 8.93. The van der Waals surface area contributed by atoms with Crippen LogP contribution < -0.4 is 5.32 Å². The first kappa shape index (κ1) is 16.5. The molecular formula is C17H27NO2S. The van der Waals surface area contributed by atoms with Crippen LogP contribution >= 0.6 is 11.3 Å². The fraction of sp³-hybridized carbons (Fsp3) is 0.706. The van der Waals surface area contributed by atoms with Gasteiger partial charge in [-0.3, -0.25) is 4.79 Å². The molecule has 0 spiro atoms. The maximum Gasteiger partial charge on any atom is 0.305 e. The Balaban J connectivity index is 1.94. The van der Waals surface area contributed by atoms with Gasteiger partial charge in [0.05, 0.1) is 12.5 Å². The Morgan fingerprint density at radius 3 is 2.90 bits per heavy atom. The van der Waals surface area contributed by atoms with Gasteiger partial charge in [-0.25, -0.2) is 0 Å². The fourth-order valence-corrected chi connectivity index (χ4v) is 4.30. The predicted octanol–water partition coefficient (Wildman–Crippen LogP) is 4.46. The van der Waals surface area contributed by atoms with Gasteiger partial charge in [0, 0.05) is 10.9 Å². The lowest BCUT2D eigenvalue weighted by Crippen LogP contribution is -2.37. The molecule has 4 heteroatoms. The molecule has 1 aromatic rings. The molecule has 3 unspecified atom stereocenters. The third-order valence-corrected chi connectivity index (χ3v) is 5.28. The molecule has 0 aromatic carbocycles. The van der Waals surface area contributed by atoms with Crippen molar-refractivity contribution in [1.29, 1.82) is 0 Å². The summed E-state index contributed by atoms with van der Waals surface area (Å²) in [7, 11) is 0. The van der Waals surface area contributed by atoms with Gasteiger partial charge in [0.1, 0.15) is 0 Å². The van der Waals surface area contributed by atoms with E-state index >= 15 is 0 Å². The zero-order valence-corrected chi connectivity index (χ0v) is 13.9. The van der Waals surface area contributed by atoms with Crippen LogP contribution in [0.5, 0.6) is 0 Å². The quantitative estimate of drug-likeness (QED) is 0.782. The number of nitrogens with one attached hydrogen (secondary N) is 1. The molecule has 21 heavy (non-hydrogen) atoms. The SMILES string of the molecule is CC(C)CC1CCCC(NC(CC(=O)O)c2cccs2)C1. The van der Waals surface area contributed by atoms with Gasteiger partial charge in [0.25, 0.3) is 0 Å². The van der Waals surface area contributed by atoms with E-state index < -0.39 is 5.97 Å². The van der Waals surface area contributed by atoms with Crippen LogP contribution in [0, 0.1) is 11.8 Å². The van der Waals surface area contributed by atoms with Crippen LogP contribution in [0.2, 0.25) is 0 Å². The molecule has 1 aliphatic carbocycles. The van der Waals surface area contributed by atoms with Gasteiger partial charge in [-0.1, -0.05) is 32.8 Å². The summed E-state index contributed by atoms with van der Waals surface area (Å²) in [5, 5.41) is 14.8. The highest BCUT2D eigenvalue weighted by Gasteiger charge is 2.26. The first-order chi connectivity index (χ1) is 10.0. The molecule has 1 fully saturated rings. The van der Waals surface area contributed by atoms with Gasteiger partial charge in [0.2, 0.25) is 0 Å². The summed E-state index contributed by atoms with van der Waals surface area (Å²) < 4.78 is 0. The van der Waals surface area contributed by atoms with Crippen LogP contribution in [0.4, 0.5) is 0 Å². The zero-order valence-electron chi connectivity index (χ0n) is 13.0. The second-order valence-electron chi connectivity index (χ2n) is 6.69. The Morgan fingerprint density at radius 2 is 2.29 bits per heavy atom. The van der Waals surface area contributed by atoms with Crippen LogP contribution in [0.15, 0.2) is 17.5 Å². The minimum absolute atomic E-state index is 0.0368. The Kier molecular flexibility index (Phi) is 6.24. The second-order valence-corrected chi connectivity index (χ2v) is 7.67. The maximum atomic E-state index is 11.1. The smallest absolute Gasteiger partial charge is 0.305 e. The van der Waals surface area contributed by atoms with Gasteiger partial charge in [-0.2, -0.15) is 0 Å². The molecule has 1 heterocycles. The predicted molar refractivity (Wildman–Crippen MR) is 87.6 cm³/mol. The van der Waals surface area contributed by atoms with E-state index in [1.807, 2.05) is 17.5 Å². The number of carboxylic acid groups (broad SMARTS) is 1. The van der Waals surface area contributed by atoms with Crippen molar-refractivity contribution in [2.24, 2.45) is 11.8 Å². The number of carboxylic acids is 1. The van der Waals surface area contributed by atoms with Crippen molar-refractivity contribution in [2.45, 2.75) is 64.5 Å². The van der Waals surface area contributed by atoms with Crippen molar-refractivity contribution in [3.8, 4) is 0 Å². The van der Waals surface area contributed by atoms with Crippen LogP contribution in [-0.4, -0.2) is 17.1 Å². The van der Waals surface area contributed by atoms with Crippen molar-refractivity contribution in [1.82, 2.24) is 5.32 Å². The van der Waals surface area contributed by atoms with E-state index in [9.17, 15) is 4.79 Å². The topological polar surface area (TPSA) is 49.3 Å². The molecule has 0 saturated heterocycles. The van der Waals surface area contributed by atoms with Crippen LogP contribution in [0.1, 0.15) is 63.3 Å². The Hall–Kier alpha value is -0.870. The fourth-order valence-electron chi connectivity index (χ4n) is 3.51. The van der Waals surface area contributed by atoms with Gasteiger partial charge in [0.15, 0.2) is 0 Å². The summed E-state index contributed by atoms with van der Waals surface area (Å²) in [5.41, 5.74) is 0. The van der Waals surface area contributed by atoms with Gasteiger partial charge in [-0.15, -0.1) is 11.3 Å². The minimum atomic E-state index is -0.726. The molecule has 2 rings (SSSR count). The van der Waals surface area contributed by atoms with Crippen molar-refractivity contribution in [3.05, 3.63) is 22.4 Å². The highest BCUT2D eigenvalue weighted by Crippen LogP contribution is 2.32. The van der Waals surface area contributed by atoms with Crippen molar-refractivity contribution < 1.29 is 9.90 Å². The van der Waals surface area contributed by atoms with Crippen molar-refractivity contribution in [3.63, 3.8) is 0 Å². The number of carbonyl (C=O) groups is 1. The number of thiophene rings is 1. The van der Waals surface area contributed by atoms with E-state index in [1.165, 1.54) is 32.1 Å². The van der Waals surface area contributed by atoms with Crippen molar-refractivity contribution in [2.75, 3.05) is 0 Å². The van der Waals surface area contributed by atoms with E-state index in [-0.39, 0.29) is 12.5 Å². The average Bonchev–Trinajstić information content (AvgIpc) is 2.90. The van der Waals surface area contributed by atoms with Crippen molar-refractivity contribution >= 4 is 17.3 Å². The monoisotopic (exact) mass is 309 g/mol. The average molecular weight is 309 g/mol. The normalized spacial score (nSPS) is 24.1. The molecule has 0 bridgehead atoms. The molecule has 0 radical (unpaired) electrons. The van der Waals surface area contributed by atoms with E-state index in [2.05, 4.69) is 19.2 Å². The number of hydrogen-bond acceptors (Lipinski definition) is 3. The molecule has 0 amide bonds. The number of aliphatic carboxylic acids is 1. The van der Waals surface area contributed by atoms with E-state index in [0.29, 0.717) is 6.04 Å². The maximum absolute atomic E-state index is 11.1. The van der Waals surface area contributed by atoms with Gasteiger partial charge >= 0.3 is 5.97 Å². The van der Waals surface area contributed by atoms with Gasteiger partial charge in [-0.05, 0) is 42.5 Å². The molecule has 118 valence electrons. The summed E-state index contributed by atoms with van der Waals surface area (Å²) in [4.78, 5) is 12.3. The summed E-state index contributed by atoms with van der Waals surface area (Å²) >= 11 is 1.65. The molecule has 1 saturated carbocycles. The van der Waals surface area contributed by atoms with Gasteiger partial charge < -0.3 is 10.4 Å². The number of hydrogen-bond donors (Lipinski definition) is 2. The first-order valence-electron chi connectivity index (χ1n) is 8.05. The molecule has 3 nitrogen and oxygen atoms in total. The summed E-state index contributed by atoms with van der Waals surface area (Å²) in [6.45, 7) is 4.58. The Bertz CT molecular complexity index is 430. The largest absolute Gasteiger partial charge is 0.481 e. The Morgan fingerprint density at radius 1 is 1.48 bits per heavy atom. The van der Waals surface area contributed by atoms with Crippen LogP contribution in [0.3, 0.4) is 0 Å². The van der Waals surface area contributed by atoms with Crippen LogP contribution in [0.25, 0.3) is 0 Å². The lowest BCUT2D eigenvalue weighted by atomic mass is 9.81. The Labute approximate surface area is 131 Å². The minimum Gasteiger partial charge on any atom is -0.481 e. The number of rotatable bonds is 7. The van der Waals surface area contributed by atoms with Crippen LogP contribution in [-0.2, 0) is 4.79 Å².